The molecule has 0 aromatic heterocycles. The molecule has 3 heteroatoms. The van der Waals surface area contributed by atoms with Gasteiger partial charge in [0.25, 0.3) is 0 Å². The molecular weight excluding hydrogens is 115 g/mol. The van der Waals surface area contributed by atoms with E-state index >= 15 is 0 Å². The Hall–Kier alpha value is 0.747. The van der Waals surface area contributed by atoms with Crippen LogP contribution in [0.15, 0.2) is 0 Å². The summed E-state index contributed by atoms with van der Waals surface area (Å²) >= 11 is 0. The summed E-state index contributed by atoms with van der Waals surface area (Å²) < 4.78 is 10.5. The average Bonchev–Trinajstić information content (AvgIpc) is 1.69. The quantitative estimate of drug-likeness (QED) is 0.272. The minimum Gasteiger partial charge on any atom is -0.294 e. The predicted octanol–water partition coefficient (Wildman–Crippen LogP) is -1.92. The third kappa shape index (κ3) is 2.91. The van der Waals surface area contributed by atoms with Crippen LogP contribution in [0, 0.1) is 5.75 Å². The average molecular weight is 124 g/mol. The molecule has 42 valence electrons. The van der Waals surface area contributed by atoms with Gasteiger partial charge in [0, 0.05) is 0 Å². The summed E-state index contributed by atoms with van der Waals surface area (Å²) in [5.74, 6) is 2.81. The molecule has 1 rings (SSSR count). The molecule has 0 N–H and O–H groups in total. The Kier molecular flexibility index (Phi) is 5.04. The van der Waals surface area contributed by atoms with E-state index in [9.17, 15) is 4.21 Å². The second-order valence-corrected chi connectivity index (χ2v) is 3.25. The topological polar surface area (TPSA) is 17.1 Å². The molecule has 0 bridgehead atoms. The zero-order valence-electron chi connectivity index (χ0n) is 5.22. The van der Waals surface area contributed by atoms with Gasteiger partial charge in [0.15, 0.2) is 0 Å². The first kappa shape index (κ1) is 8.75. The van der Waals surface area contributed by atoms with E-state index < -0.39 is 10.8 Å². The summed E-state index contributed by atoms with van der Waals surface area (Å²) in [4.78, 5) is 0. The molecule has 1 atom stereocenters. The number of hydrogen-bond acceptors (Lipinski definition) is 1. The maximum atomic E-state index is 10.5. The van der Waals surface area contributed by atoms with Gasteiger partial charge < -0.3 is 0 Å². The van der Waals surface area contributed by atoms with Gasteiger partial charge in [0.05, 0.1) is 0 Å². The molecule has 0 amide bonds. The van der Waals surface area contributed by atoms with Gasteiger partial charge in [0.2, 0.25) is 0 Å². The van der Waals surface area contributed by atoms with E-state index in [0.29, 0.717) is 0 Å². The molecule has 1 aliphatic rings. The fraction of sp³-hybridized carbons (Fsp3) is 0.800. The van der Waals surface area contributed by atoms with Crippen molar-refractivity contribution in [1.82, 2.24) is 0 Å². The molecule has 0 aromatic carbocycles. The van der Waals surface area contributed by atoms with E-state index in [1.54, 1.807) is 0 Å². The van der Waals surface area contributed by atoms with Crippen molar-refractivity contribution in [2.45, 2.75) is 19.3 Å². The summed E-state index contributed by atoms with van der Waals surface area (Å²) in [6.45, 7) is 0. The van der Waals surface area contributed by atoms with Crippen molar-refractivity contribution in [2.75, 3.05) is 5.75 Å². The first-order valence-corrected chi connectivity index (χ1v) is 3.98. The molecule has 0 radical (unpaired) electrons. The summed E-state index contributed by atoms with van der Waals surface area (Å²) in [5.41, 5.74) is 0. The van der Waals surface area contributed by atoms with E-state index in [1.807, 2.05) is 5.75 Å². The maximum absolute atomic E-state index is 10.5. The Morgan fingerprint density at radius 3 is 2.38 bits per heavy atom. The molecule has 1 aliphatic heterocycles. The van der Waals surface area contributed by atoms with Gasteiger partial charge in [-0.2, -0.15) is 6.42 Å². The zero-order chi connectivity index (χ0) is 5.11. The SMILES string of the molecule is O=S1[CH-]CCCC1.[Li+]. The molecular formula is C5H9LiOS. The molecule has 0 saturated carbocycles. The van der Waals surface area contributed by atoms with Crippen molar-refractivity contribution in [3.05, 3.63) is 5.75 Å². The minimum absolute atomic E-state index is 0. The van der Waals surface area contributed by atoms with Gasteiger partial charge in [-0.3, -0.25) is 4.21 Å². The van der Waals surface area contributed by atoms with Crippen LogP contribution in [0.25, 0.3) is 0 Å². The van der Waals surface area contributed by atoms with Gasteiger partial charge in [-0.1, -0.05) is 6.42 Å². The molecule has 0 aromatic rings. The Morgan fingerprint density at radius 1 is 1.38 bits per heavy atom. The van der Waals surface area contributed by atoms with Crippen LogP contribution in [0.3, 0.4) is 0 Å². The summed E-state index contributed by atoms with van der Waals surface area (Å²) in [5, 5.41) is 0. The van der Waals surface area contributed by atoms with Crippen molar-refractivity contribution in [3.8, 4) is 0 Å². The predicted molar refractivity (Wildman–Crippen MR) is 31.2 cm³/mol. The van der Waals surface area contributed by atoms with Gasteiger partial charge in [-0.05, 0) is 12.2 Å². The van der Waals surface area contributed by atoms with Crippen LogP contribution in [0.1, 0.15) is 19.3 Å². The first-order valence-electron chi connectivity index (χ1n) is 2.60. The Labute approximate surface area is 64.9 Å². The molecule has 0 spiro atoms. The van der Waals surface area contributed by atoms with Crippen molar-refractivity contribution in [3.63, 3.8) is 0 Å². The molecule has 8 heavy (non-hydrogen) atoms. The third-order valence-electron chi connectivity index (χ3n) is 1.10. The Bertz CT molecular complexity index is 76.5. The minimum atomic E-state index is -0.565. The maximum Gasteiger partial charge on any atom is 1.00 e. The van der Waals surface area contributed by atoms with Crippen LogP contribution in [0.4, 0.5) is 0 Å². The van der Waals surface area contributed by atoms with Crippen LogP contribution in [0.5, 0.6) is 0 Å². The molecule has 1 nitrogen and oxygen atoms in total. The third-order valence-corrected chi connectivity index (χ3v) is 2.40. The zero-order valence-corrected chi connectivity index (χ0v) is 6.04. The van der Waals surface area contributed by atoms with E-state index in [2.05, 4.69) is 0 Å². The Balaban J connectivity index is 0.000000490. The fourth-order valence-corrected chi connectivity index (χ4v) is 1.77. The summed E-state index contributed by atoms with van der Waals surface area (Å²) in [6.07, 6.45) is 3.46. The van der Waals surface area contributed by atoms with Crippen molar-refractivity contribution >= 4 is 10.8 Å². The van der Waals surface area contributed by atoms with E-state index in [0.717, 1.165) is 18.6 Å². The molecule has 1 saturated heterocycles. The largest absolute Gasteiger partial charge is 1.00 e. The van der Waals surface area contributed by atoms with Crippen molar-refractivity contribution in [2.24, 2.45) is 0 Å². The van der Waals surface area contributed by atoms with Crippen LogP contribution in [-0.4, -0.2) is 9.96 Å². The smallest absolute Gasteiger partial charge is 0.294 e. The van der Waals surface area contributed by atoms with Crippen LogP contribution >= 0.6 is 0 Å². The van der Waals surface area contributed by atoms with Crippen LogP contribution in [0.2, 0.25) is 0 Å². The normalized spacial score (nSPS) is 28.8. The van der Waals surface area contributed by atoms with Crippen LogP contribution in [-0.2, 0) is 10.8 Å². The second-order valence-electron chi connectivity index (χ2n) is 1.75. The molecule has 1 fully saturated rings. The van der Waals surface area contributed by atoms with Crippen molar-refractivity contribution < 1.29 is 23.1 Å². The summed E-state index contributed by atoms with van der Waals surface area (Å²) in [7, 11) is -0.565. The molecule has 1 unspecified atom stereocenters. The number of rotatable bonds is 0. The fourth-order valence-electron chi connectivity index (χ4n) is 0.687. The van der Waals surface area contributed by atoms with Crippen molar-refractivity contribution in [1.29, 1.82) is 0 Å². The summed E-state index contributed by atoms with van der Waals surface area (Å²) in [6, 6.07) is 0. The second kappa shape index (κ2) is 4.61. The molecule has 0 aliphatic carbocycles. The Morgan fingerprint density at radius 2 is 2.12 bits per heavy atom. The van der Waals surface area contributed by atoms with Gasteiger partial charge >= 0.3 is 18.9 Å². The van der Waals surface area contributed by atoms with E-state index in [1.165, 1.54) is 6.42 Å². The van der Waals surface area contributed by atoms with Crippen LogP contribution < -0.4 is 18.9 Å². The molecule has 1 heterocycles. The van der Waals surface area contributed by atoms with E-state index in [-0.39, 0.29) is 18.9 Å². The van der Waals surface area contributed by atoms with Gasteiger partial charge in [-0.15, -0.1) is 10.8 Å². The van der Waals surface area contributed by atoms with Gasteiger partial charge in [0.1, 0.15) is 0 Å². The van der Waals surface area contributed by atoms with E-state index in [4.69, 9.17) is 0 Å². The number of hydrogen-bond donors (Lipinski definition) is 0. The first-order chi connectivity index (χ1) is 3.39. The standard InChI is InChI=1S/C5H9OS.Li/c6-7-4-2-1-3-5-7;/h4H,1-3,5H2;/q-1;+1. The van der Waals surface area contributed by atoms with Gasteiger partial charge in [-0.25, -0.2) is 5.75 Å². The monoisotopic (exact) mass is 124 g/mol.